The molecule has 1 aromatic rings. The zero-order valence-electron chi connectivity index (χ0n) is 17.7. The van der Waals surface area contributed by atoms with Gasteiger partial charge in [-0.2, -0.15) is 0 Å². The molecule has 1 saturated heterocycles. The average Bonchev–Trinajstić information content (AvgIpc) is 2.66. The van der Waals surface area contributed by atoms with E-state index in [0.717, 1.165) is 44.2 Å². The maximum Gasteiger partial charge on any atom is 0.191 e. The van der Waals surface area contributed by atoms with Crippen LogP contribution in [-0.2, 0) is 4.74 Å². The highest BCUT2D eigenvalue weighted by atomic mass is 16.5. The van der Waals surface area contributed by atoms with E-state index in [0.29, 0.717) is 6.04 Å². The van der Waals surface area contributed by atoms with Gasteiger partial charge in [-0.25, -0.2) is 0 Å². The van der Waals surface area contributed by atoms with Crippen molar-refractivity contribution in [1.82, 2.24) is 10.6 Å². The lowest BCUT2D eigenvalue weighted by Gasteiger charge is -2.36. The number of nitrogens with one attached hydrogen (secondary N) is 2. The number of methoxy groups -OCH3 is 2. The summed E-state index contributed by atoms with van der Waals surface area (Å²) in [4.78, 5) is 6.80. The molecule has 0 radical (unpaired) electrons. The summed E-state index contributed by atoms with van der Waals surface area (Å²) in [7, 11) is 5.29. The van der Waals surface area contributed by atoms with E-state index >= 15 is 0 Å². The van der Waals surface area contributed by atoms with Gasteiger partial charge in [0.1, 0.15) is 5.75 Å². The molecule has 0 aliphatic carbocycles. The molecular weight excluding hydrogens is 340 g/mol. The Morgan fingerprint density at radius 1 is 1.33 bits per heavy atom. The lowest BCUT2D eigenvalue weighted by Crippen LogP contribution is -2.53. The van der Waals surface area contributed by atoms with Crippen LogP contribution >= 0.6 is 0 Å². The highest BCUT2D eigenvalue weighted by Crippen LogP contribution is 2.24. The number of hydrogen-bond donors (Lipinski definition) is 2. The van der Waals surface area contributed by atoms with Gasteiger partial charge in [-0.05, 0) is 30.4 Å². The molecule has 27 heavy (non-hydrogen) atoms. The quantitative estimate of drug-likeness (QED) is 0.591. The molecular formula is C21H36N4O2. The number of ether oxygens (including phenoxy) is 2. The summed E-state index contributed by atoms with van der Waals surface area (Å²) in [6, 6.07) is 8.62. The van der Waals surface area contributed by atoms with Gasteiger partial charge < -0.3 is 25.0 Å². The van der Waals surface area contributed by atoms with Crippen LogP contribution in [0.2, 0.25) is 0 Å². The van der Waals surface area contributed by atoms with Gasteiger partial charge in [0.2, 0.25) is 0 Å². The summed E-state index contributed by atoms with van der Waals surface area (Å²) < 4.78 is 11.0. The van der Waals surface area contributed by atoms with Gasteiger partial charge in [0.25, 0.3) is 0 Å². The minimum atomic E-state index is 0.0780. The lowest BCUT2D eigenvalue weighted by atomic mass is 9.89. The zero-order valence-corrected chi connectivity index (χ0v) is 17.7. The van der Waals surface area contributed by atoms with Gasteiger partial charge in [0, 0.05) is 51.6 Å². The van der Waals surface area contributed by atoms with E-state index in [1.54, 1.807) is 14.2 Å². The Labute approximate surface area is 164 Å². The second-order valence-corrected chi connectivity index (χ2v) is 8.17. The van der Waals surface area contributed by atoms with Crippen LogP contribution in [-0.4, -0.2) is 59.0 Å². The summed E-state index contributed by atoms with van der Waals surface area (Å²) in [6.07, 6.45) is 2.40. The molecule has 2 rings (SSSR count). The van der Waals surface area contributed by atoms with Gasteiger partial charge in [-0.15, -0.1) is 0 Å². The van der Waals surface area contributed by atoms with Crippen molar-refractivity contribution in [3.63, 3.8) is 0 Å². The zero-order chi connectivity index (χ0) is 19.9. The van der Waals surface area contributed by atoms with Crippen molar-refractivity contribution in [2.45, 2.75) is 45.8 Å². The molecule has 1 aliphatic rings. The predicted molar refractivity (Wildman–Crippen MR) is 113 cm³/mol. The third-order valence-electron chi connectivity index (χ3n) is 5.11. The Bertz CT molecular complexity index is 612. The number of hydrogen-bond acceptors (Lipinski definition) is 4. The molecule has 0 spiro atoms. The Kier molecular flexibility index (Phi) is 7.78. The highest BCUT2D eigenvalue weighted by Gasteiger charge is 2.25. The maximum atomic E-state index is 5.63. The van der Waals surface area contributed by atoms with Crippen LogP contribution < -0.4 is 20.3 Å². The van der Waals surface area contributed by atoms with Crippen molar-refractivity contribution < 1.29 is 9.47 Å². The second-order valence-electron chi connectivity index (χ2n) is 8.17. The van der Waals surface area contributed by atoms with Crippen LogP contribution in [0.15, 0.2) is 29.3 Å². The summed E-state index contributed by atoms with van der Waals surface area (Å²) in [5, 5.41) is 7.00. The first-order valence-corrected chi connectivity index (χ1v) is 9.76. The first kappa shape index (κ1) is 21.4. The number of guanidine groups is 1. The number of rotatable bonds is 6. The standard InChI is InChI=1S/C21H36N4O2/c1-21(2,3)19(27-6)14-23-20(22-4)24-16-9-8-12-25(15-16)17-10-7-11-18(13-17)26-5/h7,10-11,13,16,19H,8-9,12,14-15H2,1-6H3,(H2,22,23,24). The van der Waals surface area contributed by atoms with Gasteiger partial charge in [-0.1, -0.05) is 26.8 Å². The number of nitrogens with zero attached hydrogens (tertiary/aromatic N) is 2. The number of aliphatic imine (C=N–C) groups is 1. The van der Waals surface area contributed by atoms with Crippen LogP contribution in [0.1, 0.15) is 33.6 Å². The molecule has 1 heterocycles. The molecule has 6 heteroatoms. The molecule has 1 aliphatic heterocycles. The first-order valence-electron chi connectivity index (χ1n) is 9.76. The van der Waals surface area contributed by atoms with E-state index in [-0.39, 0.29) is 11.5 Å². The molecule has 2 N–H and O–H groups in total. The Balaban J connectivity index is 1.93. The molecule has 0 amide bonds. The van der Waals surface area contributed by atoms with E-state index in [2.05, 4.69) is 53.4 Å². The second kappa shape index (κ2) is 9.83. The third kappa shape index (κ3) is 6.31. The van der Waals surface area contributed by atoms with Crippen LogP contribution in [0.4, 0.5) is 5.69 Å². The molecule has 152 valence electrons. The summed E-state index contributed by atoms with van der Waals surface area (Å²) in [6.45, 7) is 9.30. The number of piperidine rings is 1. The SMILES string of the molecule is CN=C(NCC(OC)C(C)(C)C)NC1CCCN(c2cccc(OC)c2)C1. The van der Waals surface area contributed by atoms with Crippen LogP contribution in [0.3, 0.4) is 0 Å². The average molecular weight is 377 g/mol. The van der Waals surface area contributed by atoms with Crippen molar-refractivity contribution in [3.8, 4) is 5.75 Å². The van der Waals surface area contributed by atoms with Crippen molar-refractivity contribution in [2.75, 3.05) is 45.8 Å². The predicted octanol–water partition coefficient (Wildman–Crippen LogP) is 2.89. The third-order valence-corrected chi connectivity index (χ3v) is 5.11. The minimum Gasteiger partial charge on any atom is -0.497 e. The summed E-state index contributed by atoms with van der Waals surface area (Å²) in [5.41, 5.74) is 1.28. The molecule has 0 aromatic heterocycles. The molecule has 2 unspecified atom stereocenters. The Morgan fingerprint density at radius 2 is 2.11 bits per heavy atom. The smallest absolute Gasteiger partial charge is 0.191 e. The maximum absolute atomic E-state index is 5.63. The van der Waals surface area contributed by atoms with Gasteiger partial charge in [0.15, 0.2) is 5.96 Å². The van der Waals surface area contributed by atoms with E-state index in [1.165, 1.54) is 5.69 Å². The van der Waals surface area contributed by atoms with E-state index < -0.39 is 0 Å². The largest absolute Gasteiger partial charge is 0.497 e. The number of anilines is 1. The van der Waals surface area contributed by atoms with Crippen molar-refractivity contribution in [1.29, 1.82) is 0 Å². The van der Waals surface area contributed by atoms with Crippen molar-refractivity contribution in [2.24, 2.45) is 10.4 Å². The van der Waals surface area contributed by atoms with Crippen LogP contribution in [0.5, 0.6) is 5.75 Å². The molecule has 1 fully saturated rings. The van der Waals surface area contributed by atoms with Gasteiger partial charge in [0.05, 0.1) is 13.2 Å². The van der Waals surface area contributed by atoms with E-state index in [4.69, 9.17) is 9.47 Å². The Morgan fingerprint density at radius 3 is 2.74 bits per heavy atom. The fraction of sp³-hybridized carbons (Fsp3) is 0.667. The molecule has 6 nitrogen and oxygen atoms in total. The molecule has 0 bridgehead atoms. The normalized spacial score (nSPS) is 19.6. The summed E-state index contributed by atoms with van der Waals surface area (Å²) >= 11 is 0. The van der Waals surface area contributed by atoms with Crippen molar-refractivity contribution >= 4 is 11.6 Å². The number of benzene rings is 1. The van der Waals surface area contributed by atoms with Crippen LogP contribution in [0, 0.1) is 5.41 Å². The monoisotopic (exact) mass is 376 g/mol. The van der Waals surface area contributed by atoms with E-state index in [1.807, 2.05) is 19.2 Å². The highest BCUT2D eigenvalue weighted by molar-refractivity contribution is 5.80. The Hall–Kier alpha value is -1.95. The van der Waals surface area contributed by atoms with Crippen LogP contribution in [0.25, 0.3) is 0 Å². The van der Waals surface area contributed by atoms with Crippen molar-refractivity contribution in [3.05, 3.63) is 24.3 Å². The topological polar surface area (TPSA) is 58.1 Å². The van der Waals surface area contributed by atoms with Gasteiger partial charge in [-0.3, -0.25) is 4.99 Å². The fourth-order valence-corrected chi connectivity index (χ4v) is 3.46. The molecule has 0 saturated carbocycles. The summed E-state index contributed by atoms with van der Waals surface area (Å²) in [5.74, 6) is 1.73. The minimum absolute atomic E-state index is 0.0780. The first-order chi connectivity index (χ1) is 12.9. The lowest BCUT2D eigenvalue weighted by molar-refractivity contribution is 0.0205. The van der Waals surface area contributed by atoms with E-state index in [9.17, 15) is 0 Å². The molecule has 2 atom stereocenters. The molecule has 1 aromatic carbocycles. The van der Waals surface area contributed by atoms with Gasteiger partial charge >= 0.3 is 0 Å². The fourth-order valence-electron chi connectivity index (χ4n) is 3.46.